The number of aromatic nitrogens is 1. The zero-order chi connectivity index (χ0) is 26.2. The number of hydrogen-bond acceptors (Lipinski definition) is 7. The van der Waals surface area contributed by atoms with Gasteiger partial charge < -0.3 is 35.1 Å². The summed E-state index contributed by atoms with van der Waals surface area (Å²) in [6.07, 6.45) is -3.34. The van der Waals surface area contributed by atoms with Gasteiger partial charge in [0, 0.05) is 11.3 Å². The number of nitrogens with one attached hydrogen (secondary N) is 2. The van der Waals surface area contributed by atoms with Gasteiger partial charge in [-0.15, -0.1) is 0 Å². The lowest BCUT2D eigenvalue weighted by Crippen LogP contribution is -2.37. The van der Waals surface area contributed by atoms with Crippen LogP contribution in [0.4, 0.5) is 13.2 Å². The first-order valence-electron chi connectivity index (χ1n) is 10.5. The Bertz CT molecular complexity index is 1330. The lowest BCUT2D eigenvalue weighted by Gasteiger charge is -2.17. The molecule has 0 atom stereocenters. The third-order valence-electron chi connectivity index (χ3n) is 5.66. The highest BCUT2D eigenvalue weighted by Gasteiger charge is 2.35. The van der Waals surface area contributed by atoms with Crippen LogP contribution in [0, 0.1) is 0 Å². The Kier molecular flexibility index (Phi) is 6.35. The van der Waals surface area contributed by atoms with Crippen molar-refractivity contribution in [1.29, 1.82) is 0 Å². The molecule has 2 aromatic rings. The van der Waals surface area contributed by atoms with Crippen LogP contribution in [0.15, 0.2) is 41.0 Å². The number of benzene rings is 1. The van der Waals surface area contributed by atoms with Crippen molar-refractivity contribution in [3.8, 4) is 5.75 Å². The Morgan fingerprint density at radius 1 is 1.14 bits per heavy atom. The van der Waals surface area contributed by atoms with Gasteiger partial charge in [0.1, 0.15) is 29.8 Å². The summed E-state index contributed by atoms with van der Waals surface area (Å²) < 4.78 is 44.8. The molecule has 0 fully saturated rings. The van der Waals surface area contributed by atoms with Gasteiger partial charge in [-0.3, -0.25) is 19.2 Å². The molecule has 0 saturated carbocycles. The molecule has 4 N–H and O–H groups in total. The number of aromatic hydroxyl groups is 1. The number of ether oxygens (including phenoxy) is 1. The quantitative estimate of drug-likeness (QED) is 0.445. The van der Waals surface area contributed by atoms with Crippen molar-refractivity contribution in [2.75, 3.05) is 13.3 Å². The third kappa shape index (κ3) is 4.69. The average Bonchev–Trinajstić information content (AvgIpc) is 3.50. The second-order valence-electron chi connectivity index (χ2n) is 7.99. The van der Waals surface area contributed by atoms with Crippen molar-refractivity contribution < 1.29 is 42.5 Å². The van der Waals surface area contributed by atoms with Crippen LogP contribution in [-0.4, -0.2) is 50.7 Å². The summed E-state index contributed by atoms with van der Waals surface area (Å²) in [5.74, 6) is -3.75. The maximum absolute atomic E-state index is 13.3. The van der Waals surface area contributed by atoms with Gasteiger partial charge in [0.05, 0.1) is 25.2 Å². The van der Waals surface area contributed by atoms with Crippen LogP contribution in [0.3, 0.4) is 0 Å². The van der Waals surface area contributed by atoms with E-state index >= 15 is 0 Å². The van der Waals surface area contributed by atoms with E-state index in [1.807, 2.05) is 5.32 Å². The minimum Gasteiger partial charge on any atom is -0.506 e. The summed E-state index contributed by atoms with van der Waals surface area (Å²) in [6.45, 7) is -1.35. The van der Waals surface area contributed by atoms with Crippen LogP contribution >= 0.6 is 0 Å². The number of aliphatic carboxylic acids is 1. The van der Waals surface area contributed by atoms with E-state index in [0.29, 0.717) is 0 Å². The van der Waals surface area contributed by atoms with E-state index in [9.17, 15) is 37.5 Å². The zero-order valence-electron chi connectivity index (χ0n) is 18.4. The number of hydrogen-bond donors (Lipinski definition) is 4. The van der Waals surface area contributed by atoms with Crippen LogP contribution in [0.1, 0.15) is 32.7 Å². The molecular formula is C22H19F3N4O7. The molecule has 36 heavy (non-hydrogen) atoms. The summed E-state index contributed by atoms with van der Waals surface area (Å²) in [5, 5.41) is 24.3. The molecule has 2 amide bonds. The summed E-state index contributed by atoms with van der Waals surface area (Å²) in [4.78, 5) is 50.8. The molecule has 3 heterocycles. The second-order valence-corrected chi connectivity index (χ2v) is 7.99. The molecule has 14 heteroatoms. The van der Waals surface area contributed by atoms with Crippen LogP contribution in [0.25, 0.3) is 0 Å². The van der Waals surface area contributed by atoms with Crippen molar-refractivity contribution >= 4 is 17.8 Å². The molecule has 11 nitrogen and oxygen atoms in total. The van der Waals surface area contributed by atoms with Gasteiger partial charge in [0.25, 0.3) is 17.4 Å². The van der Waals surface area contributed by atoms with E-state index in [2.05, 4.69) is 5.32 Å². The number of carboxylic acid groups (broad SMARTS) is 1. The topological polar surface area (TPSA) is 150 Å². The predicted molar refractivity (Wildman–Crippen MR) is 114 cm³/mol. The van der Waals surface area contributed by atoms with Crippen LogP contribution in [0.5, 0.6) is 5.75 Å². The fourth-order valence-corrected chi connectivity index (χ4v) is 3.91. The molecule has 1 aromatic carbocycles. The number of pyridine rings is 1. The molecule has 0 unspecified atom stereocenters. The Hall–Kier alpha value is -4.49. The monoisotopic (exact) mass is 508 g/mol. The van der Waals surface area contributed by atoms with Crippen molar-refractivity contribution in [2.24, 2.45) is 0 Å². The highest BCUT2D eigenvalue weighted by Crippen LogP contribution is 2.33. The molecule has 190 valence electrons. The first-order chi connectivity index (χ1) is 17.0. The fraction of sp³-hybridized carbons (Fsp3) is 0.273. The summed E-state index contributed by atoms with van der Waals surface area (Å²) in [7, 11) is 0. The fourth-order valence-electron chi connectivity index (χ4n) is 3.91. The normalized spacial score (nSPS) is 14.5. The standard InChI is InChI=1S/C22H19F3N4O7/c23-22(24,25)12-3-1-11(2-4-12)6-29-15-8-28(20(34)14-9-36-10-27-14)7-13(15)18(32)17(21(29)35)19(33)26-5-16(30)31/h1-4,9,27,32H,5-8,10H2,(H,26,33)(H,30,31). The Labute approximate surface area is 200 Å². The van der Waals surface area contributed by atoms with Gasteiger partial charge in [-0.1, -0.05) is 12.1 Å². The maximum atomic E-state index is 13.3. The number of fused-ring (bicyclic) bond motifs is 1. The predicted octanol–water partition coefficient (Wildman–Crippen LogP) is 0.696. The number of carboxylic acids is 1. The van der Waals surface area contributed by atoms with Gasteiger partial charge in [0.2, 0.25) is 0 Å². The van der Waals surface area contributed by atoms with Crippen LogP contribution in [-0.2, 0) is 40.1 Å². The van der Waals surface area contributed by atoms with Crippen LogP contribution < -0.4 is 16.2 Å². The molecule has 0 bridgehead atoms. The first-order valence-corrected chi connectivity index (χ1v) is 10.5. The SMILES string of the molecule is O=C(O)CNC(=O)c1c(O)c2c(n(Cc3ccc(C(F)(F)F)cc3)c1=O)CN(C(=O)C1=COCN1)C2. The zero-order valence-corrected chi connectivity index (χ0v) is 18.4. The molecular weight excluding hydrogens is 489 g/mol. The number of nitrogens with zero attached hydrogens (tertiary/aromatic N) is 2. The highest BCUT2D eigenvalue weighted by atomic mass is 19.4. The summed E-state index contributed by atoms with van der Waals surface area (Å²) >= 11 is 0. The minimum absolute atomic E-state index is 0.0786. The third-order valence-corrected chi connectivity index (χ3v) is 5.66. The van der Waals surface area contributed by atoms with E-state index in [-0.39, 0.29) is 48.9 Å². The molecule has 0 radical (unpaired) electrons. The maximum Gasteiger partial charge on any atom is 0.416 e. The molecule has 2 aliphatic rings. The lowest BCUT2D eigenvalue weighted by atomic mass is 10.1. The molecule has 1 aromatic heterocycles. The van der Waals surface area contributed by atoms with E-state index in [1.165, 1.54) is 23.3 Å². The number of carbonyl (C=O) groups is 3. The lowest BCUT2D eigenvalue weighted by molar-refractivity contribution is -0.138. The first kappa shape index (κ1) is 24.6. The van der Waals surface area contributed by atoms with E-state index < -0.39 is 52.9 Å². The molecule has 0 saturated heterocycles. The van der Waals surface area contributed by atoms with Gasteiger partial charge in [-0.05, 0) is 17.7 Å². The average molecular weight is 508 g/mol. The number of halogens is 3. The van der Waals surface area contributed by atoms with Crippen molar-refractivity contribution in [3.63, 3.8) is 0 Å². The molecule has 4 rings (SSSR count). The number of rotatable bonds is 6. The smallest absolute Gasteiger partial charge is 0.416 e. The summed E-state index contributed by atoms with van der Waals surface area (Å²) in [5.41, 5.74) is -1.94. The van der Waals surface area contributed by atoms with E-state index in [0.717, 1.165) is 16.7 Å². The van der Waals surface area contributed by atoms with Crippen molar-refractivity contribution in [3.05, 3.63) is 74.5 Å². The van der Waals surface area contributed by atoms with Gasteiger partial charge in [-0.25, -0.2) is 0 Å². The van der Waals surface area contributed by atoms with Crippen molar-refractivity contribution in [2.45, 2.75) is 25.8 Å². The summed E-state index contributed by atoms with van der Waals surface area (Å²) in [6, 6.07) is 4.02. The minimum atomic E-state index is -4.56. The number of carbonyl (C=O) groups excluding carboxylic acids is 2. The van der Waals surface area contributed by atoms with Crippen LogP contribution in [0.2, 0.25) is 0 Å². The van der Waals surface area contributed by atoms with Gasteiger partial charge in [-0.2, -0.15) is 13.2 Å². The highest BCUT2D eigenvalue weighted by molar-refractivity contribution is 5.98. The number of amides is 2. The molecule has 2 aliphatic heterocycles. The molecule has 0 spiro atoms. The Balaban J connectivity index is 1.75. The molecule has 0 aliphatic carbocycles. The largest absolute Gasteiger partial charge is 0.506 e. The Morgan fingerprint density at radius 2 is 1.83 bits per heavy atom. The second kappa shape index (κ2) is 9.28. The van der Waals surface area contributed by atoms with E-state index in [4.69, 9.17) is 9.84 Å². The van der Waals surface area contributed by atoms with E-state index in [1.54, 1.807) is 0 Å². The number of alkyl halides is 3. The van der Waals surface area contributed by atoms with Crippen molar-refractivity contribution in [1.82, 2.24) is 20.1 Å². The van der Waals surface area contributed by atoms with Gasteiger partial charge in [0.15, 0.2) is 6.73 Å². The Morgan fingerprint density at radius 3 is 2.42 bits per heavy atom. The van der Waals surface area contributed by atoms with Gasteiger partial charge >= 0.3 is 12.1 Å².